The minimum atomic E-state index is -4.28. The van der Waals surface area contributed by atoms with Crippen LogP contribution in [0, 0.1) is 18.7 Å². The van der Waals surface area contributed by atoms with Crippen LogP contribution in [-0.4, -0.2) is 46.9 Å². The Morgan fingerprint density at radius 2 is 1.60 bits per heavy atom. The summed E-state index contributed by atoms with van der Waals surface area (Å²) in [5.41, 5.74) is 3.47. The molecule has 2 aliphatic heterocycles. The van der Waals surface area contributed by atoms with Crippen molar-refractivity contribution in [1.82, 2.24) is 9.80 Å². The highest BCUT2D eigenvalue weighted by Crippen LogP contribution is 2.39. The van der Waals surface area contributed by atoms with Crippen molar-refractivity contribution in [1.29, 1.82) is 0 Å². The van der Waals surface area contributed by atoms with Gasteiger partial charge < -0.3 is 10.2 Å². The lowest BCUT2D eigenvalue weighted by Gasteiger charge is -2.41. The number of likely N-dealkylation sites (tertiary alicyclic amines) is 2. The number of hydrogen-bond acceptors (Lipinski definition) is 3. The molecular formula is C36H41F4N3O2. The molecule has 1 N–H and O–H groups in total. The molecule has 5 rings (SSSR count). The van der Waals surface area contributed by atoms with Gasteiger partial charge in [0.05, 0.1) is 17.5 Å². The molecular weight excluding hydrogens is 582 g/mol. The summed E-state index contributed by atoms with van der Waals surface area (Å²) in [6.07, 6.45) is -2.63. The van der Waals surface area contributed by atoms with Gasteiger partial charge in [-0.05, 0) is 85.0 Å². The summed E-state index contributed by atoms with van der Waals surface area (Å²) in [5, 5.41) is 3.06. The van der Waals surface area contributed by atoms with E-state index in [2.05, 4.69) is 26.1 Å². The van der Waals surface area contributed by atoms with E-state index in [0.29, 0.717) is 54.7 Å². The molecule has 5 nitrogen and oxygen atoms in total. The average Bonchev–Trinajstić information content (AvgIpc) is 3.46. The lowest BCUT2D eigenvalue weighted by atomic mass is 9.82. The van der Waals surface area contributed by atoms with Crippen molar-refractivity contribution < 1.29 is 27.2 Å². The molecule has 2 heterocycles. The van der Waals surface area contributed by atoms with Crippen LogP contribution in [0.3, 0.4) is 0 Å². The minimum Gasteiger partial charge on any atom is -0.331 e. The number of aryl methyl sites for hydroxylation is 1. The maximum absolute atomic E-state index is 15.0. The fourth-order valence-electron chi connectivity index (χ4n) is 6.70. The topological polar surface area (TPSA) is 52.7 Å². The van der Waals surface area contributed by atoms with Gasteiger partial charge in [0.1, 0.15) is 11.9 Å². The first-order valence-electron chi connectivity index (χ1n) is 15.6. The van der Waals surface area contributed by atoms with Crippen molar-refractivity contribution in [3.05, 3.63) is 100 Å². The lowest BCUT2D eigenvalue weighted by molar-refractivity contribution is -0.177. The number of halogens is 4. The second kappa shape index (κ2) is 12.9. The Morgan fingerprint density at radius 1 is 0.911 bits per heavy atom. The molecule has 2 saturated heterocycles. The van der Waals surface area contributed by atoms with E-state index in [1.165, 1.54) is 11.0 Å². The molecule has 9 heteroatoms. The number of alkyl halides is 3. The highest BCUT2D eigenvalue weighted by Gasteiger charge is 2.46. The van der Waals surface area contributed by atoms with E-state index in [1.54, 1.807) is 48.2 Å². The van der Waals surface area contributed by atoms with Crippen LogP contribution < -0.4 is 5.32 Å². The number of rotatable bonds is 6. The first-order chi connectivity index (χ1) is 21.2. The van der Waals surface area contributed by atoms with E-state index in [0.717, 1.165) is 5.56 Å². The molecule has 0 spiro atoms. The summed E-state index contributed by atoms with van der Waals surface area (Å²) < 4.78 is 55.7. The fraction of sp³-hybridized carbons (Fsp3) is 0.444. The SMILES string of the molecule is Cc1cccc(F)c1C(=O)N1CCC[C@H](C(=O)Nc2cccc(C(C)(C)C)c2)[C@@H]1c1ccc(CN2CCC[C@@H]2C(F)(F)F)cc1. The molecule has 0 bridgehead atoms. The second-order valence-corrected chi connectivity index (χ2v) is 13.4. The Hall–Kier alpha value is -3.72. The zero-order valence-electron chi connectivity index (χ0n) is 26.3. The van der Waals surface area contributed by atoms with E-state index in [1.807, 2.05) is 24.3 Å². The Balaban J connectivity index is 1.46. The first kappa shape index (κ1) is 32.7. The number of hydrogen-bond donors (Lipinski definition) is 1. The largest absolute Gasteiger partial charge is 0.404 e. The first-order valence-corrected chi connectivity index (χ1v) is 15.6. The Bertz CT molecular complexity index is 1510. The van der Waals surface area contributed by atoms with E-state index < -0.39 is 35.9 Å². The molecule has 0 unspecified atom stereocenters. The van der Waals surface area contributed by atoms with Crippen LogP contribution in [0.4, 0.5) is 23.2 Å². The molecule has 0 saturated carbocycles. The van der Waals surface area contributed by atoms with E-state index in [-0.39, 0.29) is 29.9 Å². The molecule has 2 fully saturated rings. The summed E-state index contributed by atoms with van der Waals surface area (Å²) in [7, 11) is 0. The second-order valence-electron chi connectivity index (χ2n) is 13.4. The van der Waals surface area contributed by atoms with Gasteiger partial charge in [-0.1, -0.05) is 69.3 Å². The fourth-order valence-corrected chi connectivity index (χ4v) is 6.70. The van der Waals surface area contributed by atoms with Gasteiger partial charge in [0.2, 0.25) is 5.91 Å². The molecule has 0 aromatic heterocycles. The van der Waals surface area contributed by atoms with Crippen molar-refractivity contribution in [2.75, 3.05) is 18.4 Å². The van der Waals surface area contributed by atoms with E-state index in [9.17, 15) is 22.8 Å². The number of nitrogens with one attached hydrogen (secondary N) is 1. The molecule has 2 aliphatic rings. The normalized spacial score (nSPS) is 21.2. The molecule has 3 atom stereocenters. The number of carbonyl (C=O) groups excluding carboxylic acids is 2. The zero-order chi connectivity index (χ0) is 32.5. The van der Waals surface area contributed by atoms with Crippen LogP contribution in [0.25, 0.3) is 0 Å². The third kappa shape index (κ3) is 7.24. The van der Waals surface area contributed by atoms with Crippen LogP contribution in [0.2, 0.25) is 0 Å². The number of amides is 2. The maximum atomic E-state index is 15.0. The predicted octanol–water partition coefficient (Wildman–Crippen LogP) is 8.19. The smallest absolute Gasteiger partial charge is 0.331 e. The maximum Gasteiger partial charge on any atom is 0.404 e. The van der Waals surface area contributed by atoms with Crippen LogP contribution in [0.15, 0.2) is 66.7 Å². The summed E-state index contributed by atoms with van der Waals surface area (Å²) >= 11 is 0. The van der Waals surface area contributed by atoms with Crippen molar-refractivity contribution in [2.45, 2.75) is 83.6 Å². The Kier molecular flexibility index (Phi) is 9.40. The van der Waals surface area contributed by atoms with E-state index in [4.69, 9.17) is 0 Å². The van der Waals surface area contributed by atoms with Crippen LogP contribution in [-0.2, 0) is 16.8 Å². The number of piperidine rings is 1. The van der Waals surface area contributed by atoms with Gasteiger partial charge in [-0.3, -0.25) is 14.5 Å². The van der Waals surface area contributed by atoms with Gasteiger partial charge in [0.15, 0.2) is 0 Å². The number of nitrogens with zero attached hydrogens (tertiary/aromatic N) is 2. The predicted molar refractivity (Wildman–Crippen MR) is 167 cm³/mol. The van der Waals surface area contributed by atoms with Crippen LogP contribution >= 0.6 is 0 Å². The number of anilines is 1. The monoisotopic (exact) mass is 623 g/mol. The average molecular weight is 624 g/mol. The van der Waals surface area contributed by atoms with Gasteiger partial charge in [0, 0.05) is 18.8 Å². The lowest BCUT2D eigenvalue weighted by Crippen LogP contribution is -2.46. The van der Waals surface area contributed by atoms with Gasteiger partial charge in [0.25, 0.3) is 5.91 Å². The zero-order valence-corrected chi connectivity index (χ0v) is 26.3. The molecule has 3 aromatic carbocycles. The Labute approximate surface area is 262 Å². The molecule has 0 aliphatic carbocycles. The minimum absolute atomic E-state index is 0.0229. The number of benzene rings is 3. The highest BCUT2D eigenvalue weighted by molar-refractivity contribution is 5.98. The number of carbonyl (C=O) groups is 2. The highest BCUT2D eigenvalue weighted by atomic mass is 19.4. The molecule has 240 valence electrons. The summed E-state index contributed by atoms with van der Waals surface area (Å²) in [4.78, 5) is 31.0. The van der Waals surface area contributed by atoms with Gasteiger partial charge in [-0.15, -0.1) is 0 Å². The summed E-state index contributed by atoms with van der Waals surface area (Å²) in [5.74, 6) is -1.99. The molecule has 3 aromatic rings. The van der Waals surface area contributed by atoms with Gasteiger partial charge in [-0.25, -0.2) is 4.39 Å². The van der Waals surface area contributed by atoms with Crippen molar-refractivity contribution in [3.63, 3.8) is 0 Å². The quantitative estimate of drug-likeness (QED) is 0.282. The molecule has 2 amide bonds. The van der Waals surface area contributed by atoms with Crippen molar-refractivity contribution in [2.24, 2.45) is 5.92 Å². The standard InChI is InChI=1S/C36H41F4N3O2/c1-23-9-5-13-29(37)31(23)34(45)43-20-7-12-28(33(44)41-27-11-6-10-26(21-27)35(2,3)4)32(43)25-17-15-24(16-18-25)22-42-19-8-14-30(42)36(38,39)40/h5-6,9-11,13,15-18,21,28,30,32H,7-8,12,14,19-20,22H2,1-4H3,(H,41,44)/t28-,30+,32-/m0/s1. The summed E-state index contributed by atoms with van der Waals surface area (Å²) in [6, 6.07) is 17.2. The summed E-state index contributed by atoms with van der Waals surface area (Å²) in [6.45, 7) is 8.83. The molecule has 0 radical (unpaired) electrons. The van der Waals surface area contributed by atoms with Crippen molar-refractivity contribution in [3.8, 4) is 0 Å². The third-order valence-corrected chi connectivity index (χ3v) is 9.11. The van der Waals surface area contributed by atoms with Crippen molar-refractivity contribution >= 4 is 17.5 Å². The van der Waals surface area contributed by atoms with Crippen LogP contribution in [0.5, 0.6) is 0 Å². The van der Waals surface area contributed by atoms with Gasteiger partial charge >= 0.3 is 6.18 Å². The van der Waals surface area contributed by atoms with Gasteiger partial charge in [-0.2, -0.15) is 13.2 Å². The van der Waals surface area contributed by atoms with Crippen LogP contribution in [0.1, 0.15) is 85.1 Å². The molecule has 45 heavy (non-hydrogen) atoms. The van der Waals surface area contributed by atoms with E-state index >= 15 is 4.39 Å². The third-order valence-electron chi connectivity index (χ3n) is 9.11. The Morgan fingerprint density at radius 3 is 2.27 bits per heavy atom.